The van der Waals surface area contributed by atoms with Crippen molar-refractivity contribution in [2.24, 2.45) is 13.0 Å². The monoisotopic (exact) mass is 345 g/mol. The second-order valence-corrected chi connectivity index (χ2v) is 7.61. The smallest absolute Gasteiger partial charge is 0.225 e. The van der Waals surface area contributed by atoms with Crippen molar-refractivity contribution >= 4 is 11.8 Å². The van der Waals surface area contributed by atoms with E-state index in [0.717, 1.165) is 32.5 Å². The second kappa shape index (κ2) is 6.44. The van der Waals surface area contributed by atoms with Crippen LogP contribution in [-0.2, 0) is 36.0 Å². The van der Waals surface area contributed by atoms with Gasteiger partial charge in [-0.25, -0.2) is 0 Å². The summed E-state index contributed by atoms with van der Waals surface area (Å²) in [6.45, 7) is 3.27. The van der Waals surface area contributed by atoms with Gasteiger partial charge in [0.05, 0.1) is 23.3 Å². The zero-order valence-corrected chi connectivity index (χ0v) is 15.1. The van der Waals surface area contributed by atoms with Crippen molar-refractivity contribution in [3.63, 3.8) is 0 Å². The summed E-state index contributed by atoms with van der Waals surface area (Å²) in [6, 6.07) is 0.256. The molecule has 0 radical (unpaired) electrons. The molecular weight excluding hydrogens is 318 g/mol. The summed E-state index contributed by atoms with van der Waals surface area (Å²) in [5.74, 6) is -0.0830. The molecule has 25 heavy (non-hydrogen) atoms. The third-order valence-electron chi connectivity index (χ3n) is 5.98. The van der Waals surface area contributed by atoms with Crippen LogP contribution in [0.4, 0.5) is 0 Å². The number of hydrogen-bond donors (Lipinski definition) is 1. The molecule has 2 fully saturated rings. The molecule has 0 aromatic carbocycles. The van der Waals surface area contributed by atoms with Crippen molar-refractivity contribution in [3.05, 3.63) is 17.0 Å². The van der Waals surface area contributed by atoms with Gasteiger partial charge >= 0.3 is 0 Å². The van der Waals surface area contributed by atoms with E-state index in [1.54, 1.807) is 7.05 Å². The lowest BCUT2D eigenvalue weighted by Crippen LogP contribution is -2.59. The van der Waals surface area contributed by atoms with Gasteiger partial charge in [-0.05, 0) is 31.2 Å². The van der Waals surface area contributed by atoms with Gasteiger partial charge in [-0.1, -0.05) is 0 Å². The average Bonchev–Trinajstić information content (AvgIpc) is 3.10. The Labute approximate surface area is 148 Å². The second-order valence-electron chi connectivity index (χ2n) is 7.61. The molecule has 0 saturated carbocycles. The van der Waals surface area contributed by atoms with E-state index in [4.69, 9.17) is 5.10 Å². The van der Waals surface area contributed by atoms with Gasteiger partial charge in [-0.3, -0.25) is 19.2 Å². The fourth-order valence-electron chi connectivity index (χ4n) is 4.49. The van der Waals surface area contributed by atoms with Gasteiger partial charge in [0, 0.05) is 46.7 Å². The van der Waals surface area contributed by atoms with Crippen LogP contribution < -0.4 is 5.32 Å². The fourth-order valence-corrected chi connectivity index (χ4v) is 4.49. The number of amides is 2. The highest BCUT2D eigenvalue weighted by atomic mass is 16.2. The van der Waals surface area contributed by atoms with Crippen LogP contribution in [0.1, 0.15) is 36.2 Å². The van der Waals surface area contributed by atoms with Gasteiger partial charge in [0.1, 0.15) is 0 Å². The molecule has 2 saturated heterocycles. The zero-order valence-electron chi connectivity index (χ0n) is 15.1. The number of hydrogen-bond acceptors (Lipinski definition) is 4. The first-order chi connectivity index (χ1) is 12.1. The van der Waals surface area contributed by atoms with E-state index in [-0.39, 0.29) is 23.8 Å². The van der Waals surface area contributed by atoms with Crippen LogP contribution in [0.25, 0.3) is 0 Å². The molecule has 3 heterocycles. The van der Waals surface area contributed by atoms with Crippen molar-refractivity contribution in [3.8, 4) is 0 Å². The molecule has 1 atom stereocenters. The molecule has 0 spiro atoms. The molecule has 1 aromatic rings. The average molecular weight is 345 g/mol. The highest BCUT2D eigenvalue weighted by molar-refractivity contribution is 5.89. The highest BCUT2D eigenvalue weighted by Gasteiger charge is 2.42. The summed E-state index contributed by atoms with van der Waals surface area (Å²) in [6.07, 6.45) is 5.12. The van der Waals surface area contributed by atoms with Crippen molar-refractivity contribution in [2.75, 3.05) is 26.7 Å². The maximum absolute atomic E-state index is 12.2. The Morgan fingerprint density at radius 3 is 2.76 bits per heavy atom. The van der Waals surface area contributed by atoms with Gasteiger partial charge in [0.25, 0.3) is 0 Å². The van der Waals surface area contributed by atoms with E-state index in [1.165, 1.54) is 29.8 Å². The number of aryl methyl sites for hydroxylation is 2. The summed E-state index contributed by atoms with van der Waals surface area (Å²) < 4.78 is 2.05. The Kier molecular flexibility index (Phi) is 4.27. The summed E-state index contributed by atoms with van der Waals surface area (Å²) >= 11 is 0. The summed E-state index contributed by atoms with van der Waals surface area (Å²) in [4.78, 5) is 28.3. The van der Waals surface area contributed by atoms with Gasteiger partial charge in [0.2, 0.25) is 11.8 Å². The number of rotatable bonds is 4. The first-order valence-corrected chi connectivity index (χ1v) is 9.34. The Bertz CT molecular complexity index is 692. The number of likely N-dealkylation sites (tertiary alicyclic amines) is 2. The minimum atomic E-state index is -0.185. The molecule has 4 rings (SSSR count). The van der Waals surface area contributed by atoms with Crippen LogP contribution >= 0.6 is 0 Å². The SMILES string of the molecule is CNC(=O)C1CC(=O)N(C2CN(Cc3c4c(nn3C)CCCC4)C2)C1. The van der Waals surface area contributed by atoms with E-state index in [1.807, 2.05) is 16.6 Å². The van der Waals surface area contributed by atoms with Crippen LogP contribution in [-0.4, -0.2) is 64.1 Å². The third kappa shape index (κ3) is 2.94. The van der Waals surface area contributed by atoms with E-state index in [2.05, 4.69) is 10.2 Å². The number of nitrogens with zero attached hydrogens (tertiary/aromatic N) is 4. The predicted octanol–water partition coefficient (Wildman–Crippen LogP) is 0.0776. The molecule has 7 nitrogen and oxygen atoms in total. The topological polar surface area (TPSA) is 70.5 Å². The molecule has 1 unspecified atom stereocenters. The summed E-state index contributed by atoms with van der Waals surface area (Å²) in [5.41, 5.74) is 4.07. The predicted molar refractivity (Wildman–Crippen MR) is 92.8 cm³/mol. The Balaban J connectivity index is 1.35. The molecule has 2 amide bonds. The van der Waals surface area contributed by atoms with E-state index in [0.29, 0.717) is 13.0 Å². The summed E-state index contributed by atoms with van der Waals surface area (Å²) in [7, 11) is 3.68. The summed E-state index contributed by atoms with van der Waals surface area (Å²) in [5, 5.41) is 7.35. The Morgan fingerprint density at radius 2 is 2.00 bits per heavy atom. The Morgan fingerprint density at radius 1 is 1.24 bits per heavy atom. The number of carbonyl (C=O) groups excluding carboxylic acids is 2. The lowest BCUT2D eigenvalue weighted by Gasteiger charge is -2.44. The van der Waals surface area contributed by atoms with Gasteiger partial charge < -0.3 is 10.2 Å². The van der Waals surface area contributed by atoms with Crippen LogP contribution in [0.3, 0.4) is 0 Å². The quantitative estimate of drug-likeness (QED) is 0.839. The standard InChI is InChI=1S/C18H27N5O2/c1-19-18(25)12-7-17(24)23(8-12)13-9-22(10-13)11-16-14-5-3-4-6-15(14)20-21(16)2/h12-13H,3-11H2,1-2H3,(H,19,25). The number of aromatic nitrogens is 2. The lowest BCUT2D eigenvalue weighted by molar-refractivity contribution is -0.133. The zero-order chi connectivity index (χ0) is 17.6. The van der Waals surface area contributed by atoms with Gasteiger partial charge in [0.15, 0.2) is 0 Å². The third-order valence-corrected chi connectivity index (χ3v) is 5.98. The van der Waals surface area contributed by atoms with Crippen LogP contribution in [0.5, 0.6) is 0 Å². The number of fused-ring (bicyclic) bond motifs is 1. The molecule has 2 aliphatic heterocycles. The van der Waals surface area contributed by atoms with E-state index in [9.17, 15) is 9.59 Å². The molecule has 0 bridgehead atoms. The normalized spacial score (nSPS) is 24.3. The van der Waals surface area contributed by atoms with E-state index >= 15 is 0 Å². The fraction of sp³-hybridized carbons (Fsp3) is 0.722. The van der Waals surface area contributed by atoms with Crippen molar-refractivity contribution in [1.82, 2.24) is 24.9 Å². The molecule has 1 aliphatic carbocycles. The minimum absolute atomic E-state index is 0.0199. The maximum Gasteiger partial charge on any atom is 0.225 e. The van der Waals surface area contributed by atoms with Gasteiger partial charge in [-0.2, -0.15) is 5.10 Å². The van der Waals surface area contributed by atoms with E-state index < -0.39 is 0 Å². The van der Waals surface area contributed by atoms with Gasteiger partial charge in [-0.15, -0.1) is 0 Å². The first kappa shape index (κ1) is 16.6. The van der Waals surface area contributed by atoms with Crippen molar-refractivity contribution in [2.45, 2.75) is 44.7 Å². The highest BCUT2D eigenvalue weighted by Crippen LogP contribution is 2.29. The lowest BCUT2D eigenvalue weighted by atomic mass is 9.95. The Hall–Kier alpha value is -1.89. The molecule has 3 aliphatic rings. The number of carbonyl (C=O) groups is 2. The number of nitrogens with one attached hydrogen (secondary N) is 1. The largest absolute Gasteiger partial charge is 0.359 e. The molecule has 136 valence electrons. The molecule has 7 heteroatoms. The van der Waals surface area contributed by atoms with Crippen molar-refractivity contribution in [1.29, 1.82) is 0 Å². The maximum atomic E-state index is 12.2. The van der Waals surface area contributed by atoms with Crippen LogP contribution in [0.15, 0.2) is 0 Å². The first-order valence-electron chi connectivity index (χ1n) is 9.34. The van der Waals surface area contributed by atoms with Crippen LogP contribution in [0, 0.1) is 5.92 Å². The van der Waals surface area contributed by atoms with Crippen LogP contribution in [0.2, 0.25) is 0 Å². The molecule has 1 aromatic heterocycles. The molecular formula is C18H27N5O2. The van der Waals surface area contributed by atoms with Crippen molar-refractivity contribution < 1.29 is 9.59 Å². The minimum Gasteiger partial charge on any atom is -0.359 e. The molecule has 1 N–H and O–H groups in total.